The molecule has 3 rings (SSSR count). The van der Waals surface area contributed by atoms with Crippen LogP contribution in [0.25, 0.3) is 0 Å². The van der Waals surface area contributed by atoms with Gasteiger partial charge in [0.05, 0.1) is 5.92 Å². The summed E-state index contributed by atoms with van der Waals surface area (Å²) in [5, 5.41) is 11.9. The summed E-state index contributed by atoms with van der Waals surface area (Å²) in [6.07, 6.45) is 3.16. The van der Waals surface area contributed by atoms with Gasteiger partial charge in [-0.25, -0.2) is 0 Å². The van der Waals surface area contributed by atoms with Crippen molar-refractivity contribution < 1.29 is 19.5 Å². The number of carboxylic acid groups (broad SMARTS) is 1. The summed E-state index contributed by atoms with van der Waals surface area (Å²) in [6, 6.07) is 6.94. The summed E-state index contributed by atoms with van der Waals surface area (Å²) in [6.45, 7) is 0.687. The molecule has 1 saturated carbocycles. The first-order chi connectivity index (χ1) is 11.0. The molecule has 2 fully saturated rings. The van der Waals surface area contributed by atoms with Crippen LogP contribution in [0.15, 0.2) is 24.3 Å². The average molecular weight is 316 g/mol. The molecule has 23 heavy (non-hydrogen) atoms. The Labute approximate surface area is 134 Å². The highest BCUT2D eigenvalue weighted by Gasteiger charge is 2.30. The number of aliphatic carboxylic acids is 1. The Morgan fingerprint density at radius 1 is 1.26 bits per heavy atom. The summed E-state index contributed by atoms with van der Waals surface area (Å²) < 4.78 is 0. The van der Waals surface area contributed by atoms with Crippen LogP contribution in [0.5, 0.6) is 0 Å². The van der Waals surface area contributed by atoms with Crippen molar-refractivity contribution in [1.82, 2.24) is 5.32 Å². The van der Waals surface area contributed by atoms with Gasteiger partial charge >= 0.3 is 5.97 Å². The van der Waals surface area contributed by atoms with E-state index in [2.05, 4.69) is 5.32 Å². The van der Waals surface area contributed by atoms with Crippen molar-refractivity contribution in [1.29, 1.82) is 0 Å². The number of nitrogens with zero attached hydrogens (tertiary/aromatic N) is 1. The molecule has 0 bridgehead atoms. The molecule has 2 N–H and O–H groups in total. The van der Waals surface area contributed by atoms with Crippen LogP contribution in [0.1, 0.15) is 42.5 Å². The summed E-state index contributed by atoms with van der Waals surface area (Å²) >= 11 is 0. The van der Waals surface area contributed by atoms with E-state index in [0.29, 0.717) is 37.8 Å². The third-order valence-electron chi connectivity index (χ3n) is 4.61. The van der Waals surface area contributed by atoms with Crippen molar-refractivity contribution in [3.05, 3.63) is 29.8 Å². The van der Waals surface area contributed by atoms with Crippen LogP contribution >= 0.6 is 0 Å². The fraction of sp³-hybridized carbons (Fsp3) is 0.471. The van der Waals surface area contributed by atoms with Crippen LogP contribution in [-0.2, 0) is 9.59 Å². The first-order valence-corrected chi connectivity index (χ1v) is 7.98. The minimum absolute atomic E-state index is 0.0858. The Kier molecular flexibility index (Phi) is 4.32. The smallest absolute Gasteiger partial charge is 0.306 e. The highest BCUT2D eigenvalue weighted by atomic mass is 16.4. The number of anilines is 1. The Balaban J connectivity index is 1.66. The van der Waals surface area contributed by atoms with E-state index in [1.165, 1.54) is 0 Å². The molecule has 1 aliphatic carbocycles. The van der Waals surface area contributed by atoms with Crippen LogP contribution in [0.4, 0.5) is 5.69 Å². The van der Waals surface area contributed by atoms with Gasteiger partial charge in [0.15, 0.2) is 0 Å². The quantitative estimate of drug-likeness (QED) is 0.887. The average Bonchev–Trinajstić information content (AvgIpc) is 3.16. The maximum Gasteiger partial charge on any atom is 0.306 e. The number of carboxylic acids is 1. The number of carbonyl (C=O) groups is 3. The second kappa shape index (κ2) is 6.40. The number of carbonyl (C=O) groups excluding carboxylic acids is 2. The van der Waals surface area contributed by atoms with Crippen molar-refractivity contribution in [2.24, 2.45) is 5.92 Å². The van der Waals surface area contributed by atoms with Gasteiger partial charge < -0.3 is 15.3 Å². The highest BCUT2D eigenvalue weighted by molar-refractivity contribution is 5.99. The van der Waals surface area contributed by atoms with Crippen molar-refractivity contribution in [3.63, 3.8) is 0 Å². The van der Waals surface area contributed by atoms with E-state index in [9.17, 15) is 14.4 Å². The topological polar surface area (TPSA) is 86.7 Å². The predicted molar refractivity (Wildman–Crippen MR) is 84.3 cm³/mol. The van der Waals surface area contributed by atoms with Gasteiger partial charge in [-0.15, -0.1) is 0 Å². The largest absolute Gasteiger partial charge is 0.481 e. The molecular weight excluding hydrogens is 296 g/mol. The molecule has 0 aromatic heterocycles. The van der Waals surface area contributed by atoms with E-state index in [4.69, 9.17) is 5.11 Å². The molecule has 1 saturated heterocycles. The van der Waals surface area contributed by atoms with Gasteiger partial charge in [-0.1, -0.05) is 6.07 Å². The molecule has 6 nitrogen and oxygen atoms in total. The van der Waals surface area contributed by atoms with Gasteiger partial charge in [0.2, 0.25) is 5.91 Å². The molecule has 0 spiro atoms. The molecule has 2 aliphatic rings. The number of hydrogen-bond donors (Lipinski definition) is 2. The van der Waals surface area contributed by atoms with Crippen LogP contribution in [0, 0.1) is 5.92 Å². The van der Waals surface area contributed by atoms with Gasteiger partial charge in [-0.2, -0.15) is 0 Å². The maximum atomic E-state index is 12.4. The molecule has 0 radical (unpaired) electrons. The lowest BCUT2D eigenvalue weighted by atomic mass is 10.1. The van der Waals surface area contributed by atoms with Crippen molar-refractivity contribution in [2.45, 2.75) is 38.1 Å². The third-order valence-corrected chi connectivity index (χ3v) is 4.61. The Morgan fingerprint density at radius 2 is 2.09 bits per heavy atom. The summed E-state index contributed by atoms with van der Waals surface area (Å²) in [5.41, 5.74) is 1.25. The molecule has 1 aromatic carbocycles. The second-order valence-corrected chi connectivity index (χ2v) is 6.22. The predicted octanol–water partition coefficient (Wildman–Crippen LogP) is 1.80. The molecule has 122 valence electrons. The van der Waals surface area contributed by atoms with E-state index >= 15 is 0 Å². The first kappa shape index (κ1) is 15.5. The molecule has 2 amide bonds. The van der Waals surface area contributed by atoms with Crippen LogP contribution in [0.3, 0.4) is 0 Å². The number of rotatable bonds is 4. The van der Waals surface area contributed by atoms with Crippen LogP contribution in [0.2, 0.25) is 0 Å². The molecule has 1 heterocycles. The van der Waals surface area contributed by atoms with E-state index in [1.807, 2.05) is 6.07 Å². The standard InChI is InChI=1S/C17H20N2O4/c20-15-5-2-8-19(15)14-4-1-3-11(10-14)16(21)18-13-7-6-12(9-13)17(22)23/h1,3-4,10,12-13H,2,5-9H2,(H,18,21)(H,22,23)/t12-,13+/m0/s1. The number of nitrogens with one attached hydrogen (secondary N) is 1. The molecule has 1 aliphatic heterocycles. The van der Waals surface area contributed by atoms with Crippen molar-refractivity contribution in [3.8, 4) is 0 Å². The number of benzene rings is 1. The van der Waals surface area contributed by atoms with Crippen LogP contribution in [-0.4, -0.2) is 35.5 Å². The molecule has 6 heteroatoms. The summed E-state index contributed by atoms with van der Waals surface area (Å²) in [4.78, 5) is 36.8. The van der Waals surface area contributed by atoms with E-state index in [-0.39, 0.29) is 23.8 Å². The van der Waals surface area contributed by atoms with Gasteiger partial charge in [-0.3, -0.25) is 14.4 Å². The van der Waals surface area contributed by atoms with Crippen LogP contribution < -0.4 is 10.2 Å². The lowest BCUT2D eigenvalue weighted by molar-refractivity contribution is -0.141. The Bertz CT molecular complexity index is 643. The maximum absolute atomic E-state index is 12.4. The van der Waals surface area contributed by atoms with E-state index in [0.717, 1.165) is 12.1 Å². The fourth-order valence-electron chi connectivity index (χ4n) is 3.34. The van der Waals surface area contributed by atoms with E-state index < -0.39 is 5.97 Å². The summed E-state index contributed by atoms with van der Waals surface area (Å²) in [7, 11) is 0. The van der Waals surface area contributed by atoms with Gasteiger partial charge in [0, 0.05) is 30.3 Å². The van der Waals surface area contributed by atoms with Gasteiger partial charge in [-0.05, 0) is 43.9 Å². The number of amides is 2. The zero-order valence-electron chi connectivity index (χ0n) is 12.8. The molecule has 1 aromatic rings. The monoisotopic (exact) mass is 316 g/mol. The first-order valence-electron chi connectivity index (χ1n) is 7.98. The molecular formula is C17H20N2O4. The SMILES string of the molecule is O=C(N[C@@H]1CC[C@H](C(=O)O)C1)c1cccc(N2CCCC2=O)c1. The zero-order chi connectivity index (χ0) is 16.4. The fourth-order valence-corrected chi connectivity index (χ4v) is 3.34. The van der Waals surface area contributed by atoms with Gasteiger partial charge in [0.25, 0.3) is 5.91 Å². The van der Waals surface area contributed by atoms with Crippen molar-refractivity contribution >= 4 is 23.5 Å². The Morgan fingerprint density at radius 3 is 2.74 bits per heavy atom. The lowest BCUT2D eigenvalue weighted by Gasteiger charge is -2.17. The van der Waals surface area contributed by atoms with E-state index in [1.54, 1.807) is 23.1 Å². The zero-order valence-corrected chi connectivity index (χ0v) is 12.8. The molecule has 2 atom stereocenters. The molecule has 0 unspecified atom stereocenters. The minimum atomic E-state index is -0.795. The normalized spacial score (nSPS) is 24.0. The number of hydrogen-bond acceptors (Lipinski definition) is 3. The highest BCUT2D eigenvalue weighted by Crippen LogP contribution is 2.26. The summed E-state index contributed by atoms with van der Waals surface area (Å²) in [5.74, 6) is -1.29. The Hall–Kier alpha value is -2.37. The van der Waals surface area contributed by atoms with Crippen molar-refractivity contribution in [2.75, 3.05) is 11.4 Å². The van der Waals surface area contributed by atoms with Gasteiger partial charge in [0.1, 0.15) is 0 Å². The minimum Gasteiger partial charge on any atom is -0.481 e. The third kappa shape index (κ3) is 3.36. The second-order valence-electron chi connectivity index (χ2n) is 6.22. The lowest BCUT2D eigenvalue weighted by Crippen LogP contribution is -2.33.